The van der Waals surface area contributed by atoms with E-state index in [1.807, 2.05) is 31.5 Å². The minimum Gasteiger partial charge on any atom is -0.393 e. The van der Waals surface area contributed by atoms with Crippen molar-refractivity contribution in [2.75, 3.05) is 7.05 Å². The van der Waals surface area contributed by atoms with Crippen molar-refractivity contribution in [3.8, 4) is 0 Å². The lowest BCUT2D eigenvalue weighted by Crippen LogP contribution is -2.29. The predicted octanol–water partition coefficient (Wildman–Crippen LogP) is 2.43. The Hall–Kier alpha value is -0.870. The molecule has 2 unspecified atom stereocenters. The molecule has 1 amide bonds. The van der Waals surface area contributed by atoms with Gasteiger partial charge in [-0.2, -0.15) is 0 Å². The van der Waals surface area contributed by atoms with Crippen LogP contribution >= 0.6 is 11.3 Å². The number of amides is 1. The van der Waals surface area contributed by atoms with Gasteiger partial charge in [-0.15, -0.1) is 11.3 Å². The van der Waals surface area contributed by atoms with E-state index in [1.54, 1.807) is 23.2 Å². The molecular formula is C12H19NO2S. The first-order valence-electron chi connectivity index (χ1n) is 5.49. The Morgan fingerprint density at radius 3 is 2.75 bits per heavy atom. The molecule has 1 aromatic heterocycles. The number of nitrogens with zero attached hydrogens (tertiary/aromatic N) is 1. The monoisotopic (exact) mass is 241 g/mol. The van der Waals surface area contributed by atoms with Gasteiger partial charge in [-0.05, 0) is 31.7 Å². The zero-order valence-corrected chi connectivity index (χ0v) is 10.8. The molecular weight excluding hydrogens is 222 g/mol. The molecule has 16 heavy (non-hydrogen) atoms. The molecule has 0 fully saturated rings. The van der Waals surface area contributed by atoms with Crippen LogP contribution in [0.15, 0.2) is 17.5 Å². The Morgan fingerprint density at radius 2 is 2.25 bits per heavy atom. The van der Waals surface area contributed by atoms with Crippen LogP contribution in [0.5, 0.6) is 0 Å². The number of hydrogen-bond donors (Lipinski definition) is 1. The van der Waals surface area contributed by atoms with Crippen LogP contribution in [0.25, 0.3) is 0 Å². The Bertz CT molecular complexity index is 322. The molecule has 0 aromatic carbocycles. The highest BCUT2D eigenvalue weighted by molar-refractivity contribution is 7.10. The van der Waals surface area contributed by atoms with Crippen molar-refractivity contribution in [1.29, 1.82) is 0 Å². The van der Waals surface area contributed by atoms with Gasteiger partial charge in [-0.25, -0.2) is 0 Å². The molecule has 0 aliphatic rings. The van der Waals surface area contributed by atoms with Gasteiger partial charge in [0.05, 0.1) is 12.1 Å². The van der Waals surface area contributed by atoms with Gasteiger partial charge >= 0.3 is 0 Å². The lowest BCUT2D eigenvalue weighted by molar-refractivity contribution is -0.132. The Labute approximate surface area is 101 Å². The summed E-state index contributed by atoms with van der Waals surface area (Å²) in [7, 11) is 1.81. The highest BCUT2D eigenvalue weighted by Crippen LogP contribution is 2.23. The van der Waals surface area contributed by atoms with Crippen LogP contribution in [0.1, 0.15) is 37.6 Å². The van der Waals surface area contributed by atoms with Crippen LogP contribution in [0, 0.1) is 0 Å². The van der Waals surface area contributed by atoms with E-state index in [0.717, 1.165) is 0 Å². The minimum atomic E-state index is -0.408. The van der Waals surface area contributed by atoms with Crippen LogP contribution in [0.3, 0.4) is 0 Å². The Kier molecular flexibility index (Phi) is 4.96. The fraction of sp³-hybridized carbons (Fsp3) is 0.583. The summed E-state index contributed by atoms with van der Waals surface area (Å²) >= 11 is 1.66. The van der Waals surface area contributed by atoms with E-state index in [9.17, 15) is 4.79 Å². The summed E-state index contributed by atoms with van der Waals surface area (Å²) in [5.41, 5.74) is 0. The maximum absolute atomic E-state index is 11.8. The van der Waals surface area contributed by atoms with Gasteiger partial charge in [0.1, 0.15) is 0 Å². The second kappa shape index (κ2) is 6.01. The standard InChI is InChI=1S/C12H19NO2S/c1-9(14)6-7-12(15)13(3)10(2)11-5-4-8-16-11/h4-5,8-10,14H,6-7H2,1-3H3. The molecule has 0 spiro atoms. The Balaban J connectivity index is 2.50. The molecule has 1 N–H and O–H groups in total. The molecule has 3 nitrogen and oxygen atoms in total. The molecule has 2 atom stereocenters. The van der Waals surface area contributed by atoms with Crippen molar-refractivity contribution in [2.24, 2.45) is 0 Å². The van der Waals surface area contributed by atoms with E-state index in [1.165, 1.54) is 4.88 Å². The average Bonchev–Trinajstić information content (AvgIpc) is 2.77. The third-order valence-corrected chi connectivity index (χ3v) is 3.75. The summed E-state index contributed by atoms with van der Waals surface area (Å²) in [5, 5.41) is 11.2. The maximum atomic E-state index is 11.8. The van der Waals surface area contributed by atoms with Gasteiger partial charge in [-0.3, -0.25) is 4.79 Å². The van der Waals surface area contributed by atoms with E-state index < -0.39 is 6.10 Å². The van der Waals surface area contributed by atoms with Gasteiger partial charge < -0.3 is 10.0 Å². The third kappa shape index (κ3) is 3.61. The van der Waals surface area contributed by atoms with E-state index in [0.29, 0.717) is 12.8 Å². The molecule has 90 valence electrons. The van der Waals surface area contributed by atoms with Gasteiger partial charge in [0.15, 0.2) is 0 Å². The Morgan fingerprint density at radius 1 is 1.56 bits per heavy atom. The first kappa shape index (κ1) is 13.2. The number of aliphatic hydroxyl groups is 1. The summed E-state index contributed by atoms with van der Waals surface area (Å²) in [6.45, 7) is 3.72. The number of carbonyl (C=O) groups is 1. The number of thiophene rings is 1. The summed E-state index contributed by atoms with van der Waals surface area (Å²) in [6, 6.07) is 4.14. The van der Waals surface area contributed by atoms with Crippen LogP contribution in [-0.2, 0) is 4.79 Å². The number of rotatable bonds is 5. The van der Waals surface area contributed by atoms with Crippen molar-refractivity contribution in [1.82, 2.24) is 4.90 Å². The highest BCUT2D eigenvalue weighted by Gasteiger charge is 2.17. The topological polar surface area (TPSA) is 40.5 Å². The zero-order chi connectivity index (χ0) is 12.1. The predicted molar refractivity (Wildman–Crippen MR) is 66.4 cm³/mol. The molecule has 0 aliphatic heterocycles. The molecule has 0 saturated heterocycles. The average molecular weight is 241 g/mol. The summed E-state index contributed by atoms with van der Waals surface area (Å²) in [4.78, 5) is 14.7. The van der Waals surface area contributed by atoms with Gasteiger partial charge in [0.25, 0.3) is 0 Å². The van der Waals surface area contributed by atoms with Gasteiger partial charge in [0, 0.05) is 18.3 Å². The van der Waals surface area contributed by atoms with Gasteiger partial charge in [0.2, 0.25) is 5.91 Å². The van der Waals surface area contributed by atoms with E-state index in [4.69, 9.17) is 5.11 Å². The van der Waals surface area contributed by atoms with Crippen molar-refractivity contribution >= 4 is 17.2 Å². The second-order valence-electron chi connectivity index (χ2n) is 4.08. The van der Waals surface area contributed by atoms with Crippen LogP contribution < -0.4 is 0 Å². The fourth-order valence-corrected chi connectivity index (χ4v) is 2.27. The molecule has 1 aromatic rings. The van der Waals surface area contributed by atoms with Crippen LogP contribution in [-0.4, -0.2) is 29.1 Å². The number of aliphatic hydroxyl groups excluding tert-OH is 1. The smallest absolute Gasteiger partial charge is 0.222 e. The molecule has 1 heterocycles. The van der Waals surface area contributed by atoms with Crippen molar-refractivity contribution < 1.29 is 9.90 Å². The lowest BCUT2D eigenvalue weighted by Gasteiger charge is -2.24. The fourth-order valence-electron chi connectivity index (χ4n) is 1.44. The lowest BCUT2D eigenvalue weighted by atomic mass is 10.2. The molecule has 4 heteroatoms. The molecule has 0 saturated carbocycles. The van der Waals surface area contributed by atoms with Crippen molar-refractivity contribution in [2.45, 2.75) is 38.8 Å². The first-order valence-corrected chi connectivity index (χ1v) is 6.37. The third-order valence-electron chi connectivity index (χ3n) is 2.71. The van der Waals surface area contributed by atoms with E-state index in [2.05, 4.69) is 0 Å². The first-order chi connectivity index (χ1) is 7.52. The van der Waals surface area contributed by atoms with Crippen molar-refractivity contribution in [3.63, 3.8) is 0 Å². The van der Waals surface area contributed by atoms with E-state index in [-0.39, 0.29) is 11.9 Å². The van der Waals surface area contributed by atoms with E-state index >= 15 is 0 Å². The maximum Gasteiger partial charge on any atom is 0.222 e. The largest absolute Gasteiger partial charge is 0.393 e. The zero-order valence-electron chi connectivity index (χ0n) is 10.0. The summed E-state index contributed by atoms with van der Waals surface area (Å²) < 4.78 is 0. The number of carbonyl (C=O) groups excluding carboxylic acids is 1. The SMILES string of the molecule is CC(O)CCC(=O)N(C)C(C)c1cccs1. The molecule has 1 rings (SSSR count). The summed E-state index contributed by atoms with van der Waals surface area (Å²) in [6.07, 6.45) is 0.527. The van der Waals surface area contributed by atoms with Crippen LogP contribution in [0.4, 0.5) is 0 Å². The van der Waals surface area contributed by atoms with Crippen molar-refractivity contribution in [3.05, 3.63) is 22.4 Å². The molecule has 0 bridgehead atoms. The van der Waals surface area contributed by atoms with Crippen LogP contribution in [0.2, 0.25) is 0 Å². The second-order valence-corrected chi connectivity index (χ2v) is 5.06. The quantitative estimate of drug-likeness (QED) is 0.860. The number of hydrogen-bond acceptors (Lipinski definition) is 3. The summed E-state index contributed by atoms with van der Waals surface area (Å²) in [5.74, 6) is 0.0850. The highest BCUT2D eigenvalue weighted by atomic mass is 32.1. The molecule has 0 aliphatic carbocycles. The molecule has 0 radical (unpaired) electrons. The minimum absolute atomic E-state index is 0.0850. The normalized spacial score (nSPS) is 14.5. The van der Waals surface area contributed by atoms with Gasteiger partial charge in [-0.1, -0.05) is 6.07 Å².